The summed E-state index contributed by atoms with van der Waals surface area (Å²) in [6, 6.07) is -1.05. The molecule has 144 valence electrons. The molecule has 0 aliphatic carbocycles. The second kappa shape index (κ2) is 6.66. The quantitative estimate of drug-likeness (QED) is 0.736. The standard InChI is InChI=1S/C15H23F3N2O5/c1-14(2)24-10-8(7-19)23-12-9(11(10)25-14)20(5-3-4-6-22-12)13(21)15(16,17)18/h8-12H,3-7,19H2,1-2H3/t8-,9-,10+,11-,12-/m1/s1. The van der Waals surface area contributed by atoms with Crippen molar-refractivity contribution in [3.63, 3.8) is 0 Å². The van der Waals surface area contributed by atoms with Crippen molar-refractivity contribution in [1.82, 2.24) is 4.90 Å². The first-order valence-corrected chi connectivity index (χ1v) is 8.34. The van der Waals surface area contributed by atoms with E-state index in [4.69, 9.17) is 24.7 Å². The highest BCUT2D eigenvalue weighted by Gasteiger charge is 2.59. The number of carbonyl (C=O) groups excluding carboxylic acids is 1. The molecule has 3 saturated heterocycles. The van der Waals surface area contributed by atoms with Crippen molar-refractivity contribution in [2.24, 2.45) is 5.73 Å². The van der Waals surface area contributed by atoms with Gasteiger partial charge in [0.15, 0.2) is 12.1 Å². The second-order valence-corrected chi connectivity index (χ2v) is 6.91. The maximum absolute atomic E-state index is 13.1. The van der Waals surface area contributed by atoms with E-state index >= 15 is 0 Å². The Bertz CT molecular complexity index is 516. The van der Waals surface area contributed by atoms with Gasteiger partial charge in [-0.3, -0.25) is 4.79 Å². The maximum Gasteiger partial charge on any atom is 0.471 e. The third-order valence-corrected chi connectivity index (χ3v) is 4.63. The van der Waals surface area contributed by atoms with Gasteiger partial charge in [-0.15, -0.1) is 0 Å². The highest BCUT2D eigenvalue weighted by molar-refractivity contribution is 5.82. The van der Waals surface area contributed by atoms with Gasteiger partial charge < -0.3 is 29.6 Å². The van der Waals surface area contributed by atoms with Crippen molar-refractivity contribution >= 4 is 5.91 Å². The Morgan fingerprint density at radius 2 is 1.92 bits per heavy atom. The minimum atomic E-state index is -4.99. The first-order chi connectivity index (χ1) is 11.6. The van der Waals surface area contributed by atoms with E-state index in [0.29, 0.717) is 19.4 Å². The molecule has 0 unspecified atom stereocenters. The molecule has 0 aromatic rings. The van der Waals surface area contributed by atoms with E-state index < -0.39 is 48.5 Å². The van der Waals surface area contributed by atoms with Crippen LogP contribution in [-0.4, -0.2) is 73.1 Å². The zero-order valence-corrected chi connectivity index (χ0v) is 14.1. The molecule has 3 fully saturated rings. The molecule has 0 spiro atoms. The van der Waals surface area contributed by atoms with Crippen LogP contribution in [0.4, 0.5) is 13.2 Å². The van der Waals surface area contributed by atoms with Crippen molar-refractivity contribution in [1.29, 1.82) is 0 Å². The second-order valence-electron chi connectivity index (χ2n) is 6.91. The molecule has 0 aromatic heterocycles. The number of rotatable bonds is 1. The minimum absolute atomic E-state index is 0.0491. The summed E-state index contributed by atoms with van der Waals surface area (Å²) in [6.07, 6.45) is -7.18. The molecule has 0 aromatic carbocycles. The number of fused-ring (bicyclic) bond motifs is 3. The highest BCUT2D eigenvalue weighted by Crippen LogP contribution is 2.40. The predicted octanol–water partition coefficient (Wildman–Crippen LogP) is 0.760. The molecule has 1 amide bonds. The molecule has 0 saturated carbocycles. The Hall–Kier alpha value is -0.940. The lowest BCUT2D eigenvalue weighted by Crippen LogP contribution is -2.67. The Labute approximate surface area is 143 Å². The number of carbonyl (C=O) groups is 1. The van der Waals surface area contributed by atoms with Crippen molar-refractivity contribution in [2.45, 2.75) is 69.3 Å². The first-order valence-electron chi connectivity index (χ1n) is 8.34. The van der Waals surface area contributed by atoms with E-state index in [-0.39, 0.29) is 13.1 Å². The average molecular weight is 368 g/mol. The van der Waals surface area contributed by atoms with Crippen LogP contribution in [0.5, 0.6) is 0 Å². The number of nitrogens with zero attached hydrogens (tertiary/aromatic N) is 1. The third kappa shape index (κ3) is 3.63. The summed E-state index contributed by atoms with van der Waals surface area (Å²) < 4.78 is 62.3. The van der Waals surface area contributed by atoms with Crippen LogP contribution in [0, 0.1) is 0 Å². The van der Waals surface area contributed by atoms with Gasteiger partial charge >= 0.3 is 12.1 Å². The normalized spacial score (nSPS) is 38.5. The summed E-state index contributed by atoms with van der Waals surface area (Å²) in [5.41, 5.74) is 5.73. The smallest absolute Gasteiger partial charge is 0.350 e. The highest BCUT2D eigenvalue weighted by atomic mass is 19.4. The summed E-state index contributed by atoms with van der Waals surface area (Å²) >= 11 is 0. The minimum Gasteiger partial charge on any atom is -0.350 e. The molecule has 2 N–H and O–H groups in total. The topological polar surface area (TPSA) is 83.2 Å². The van der Waals surface area contributed by atoms with Gasteiger partial charge in [-0.05, 0) is 26.7 Å². The number of ether oxygens (including phenoxy) is 4. The molecule has 3 rings (SSSR count). The van der Waals surface area contributed by atoms with Crippen molar-refractivity contribution in [2.75, 3.05) is 19.7 Å². The van der Waals surface area contributed by atoms with Gasteiger partial charge in [-0.25, -0.2) is 0 Å². The third-order valence-electron chi connectivity index (χ3n) is 4.63. The number of halogens is 3. The van der Waals surface area contributed by atoms with Gasteiger partial charge in [-0.2, -0.15) is 13.2 Å². The van der Waals surface area contributed by atoms with E-state index in [0.717, 1.165) is 4.90 Å². The number of hydrogen-bond donors (Lipinski definition) is 1. The zero-order valence-electron chi connectivity index (χ0n) is 14.1. The summed E-state index contributed by atoms with van der Waals surface area (Å²) in [5.74, 6) is -2.94. The van der Waals surface area contributed by atoms with Crippen LogP contribution in [0.25, 0.3) is 0 Å². The Kier molecular flexibility index (Phi) is 5.02. The summed E-state index contributed by atoms with van der Waals surface area (Å²) in [7, 11) is 0. The fourth-order valence-electron chi connectivity index (χ4n) is 3.64. The number of alkyl halides is 3. The lowest BCUT2D eigenvalue weighted by molar-refractivity contribution is -0.268. The number of amides is 1. The first kappa shape index (κ1) is 18.8. The van der Waals surface area contributed by atoms with Crippen LogP contribution >= 0.6 is 0 Å². The average Bonchev–Trinajstić information content (AvgIpc) is 2.80. The van der Waals surface area contributed by atoms with E-state index in [2.05, 4.69) is 0 Å². The fourth-order valence-corrected chi connectivity index (χ4v) is 3.64. The van der Waals surface area contributed by atoms with Crippen molar-refractivity contribution in [3.8, 4) is 0 Å². The van der Waals surface area contributed by atoms with Crippen LogP contribution < -0.4 is 5.73 Å². The van der Waals surface area contributed by atoms with Crippen molar-refractivity contribution in [3.05, 3.63) is 0 Å². The Balaban J connectivity index is 1.96. The van der Waals surface area contributed by atoms with Gasteiger partial charge in [0.1, 0.15) is 24.4 Å². The zero-order chi connectivity index (χ0) is 18.4. The van der Waals surface area contributed by atoms with Crippen LogP contribution in [-0.2, 0) is 23.7 Å². The molecule has 10 heteroatoms. The molecule has 0 bridgehead atoms. The molecule has 3 heterocycles. The monoisotopic (exact) mass is 368 g/mol. The van der Waals surface area contributed by atoms with Gasteiger partial charge in [0, 0.05) is 19.7 Å². The van der Waals surface area contributed by atoms with Gasteiger partial charge in [0.05, 0.1) is 0 Å². The fraction of sp³-hybridized carbons (Fsp3) is 0.933. The van der Waals surface area contributed by atoms with E-state index in [1.165, 1.54) is 0 Å². The molecule has 0 radical (unpaired) electrons. The lowest BCUT2D eigenvalue weighted by atomic mass is 9.94. The van der Waals surface area contributed by atoms with Crippen LogP contribution in [0.2, 0.25) is 0 Å². The largest absolute Gasteiger partial charge is 0.471 e. The van der Waals surface area contributed by atoms with Crippen LogP contribution in [0.1, 0.15) is 26.7 Å². The molecular formula is C15H23F3N2O5. The molecule has 25 heavy (non-hydrogen) atoms. The summed E-state index contributed by atoms with van der Waals surface area (Å²) in [6.45, 7) is 3.70. The van der Waals surface area contributed by atoms with E-state index in [9.17, 15) is 18.0 Å². The van der Waals surface area contributed by atoms with E-state index in [1.807, 2.05) is 0 Å². The SMILES string of the molecule is CC1(C)O[C@@H]2[C@H](O1)[C@@H]1[C@H](OCCCCN1C(=O)C(F)(F)F)O[C@@H]2CN. The number of hydrogen-bond acceptors (Lipinski definition) is 6. The van der Waals surface area contributed by atoms with E-state index in [1.54, 1.807) is 13.8 Å². The van der Waals surface area contributed by atoms with Gasteiger partial charge in [0.2, 0.25) is 0 Å². The van der Waals surface area contributed by atoms with Crippen LogP contribution in [0.3, 0.4) is 0 Å². The summed E-state index contributed by atoms with van der Waals surface area (Å²) in [4.78, 5) is 12.8. The Morgan fingerprint density at radius 3 is 2.56 bits per heavy atom. The Morgan fingerprint density at radius 1 is 1.24 bits per heavy atom. The predicted molar refractivity (Wildman–Crippen MR) is 78.3 cm³/mol. The van der Waals surface area contributed by atoms with Crippen molar-refractivity contribution < 1.29 is 36.9 Å². The molecule has 7 nitrogen and oxygen atoms in total. The van der Waals surface area contributed by atoms with Gasteiger partial charge in [-0.1, -0.05) is 0 Å². The maximum atomic E-state index is 13.1. The number of nitrogens with two attached hydrogens (primary N) is 1. The summed E-state index contributed by atoms with van der Waals surface area (Å²) in [5, 5.41) is 0. The van der Waals surface area contributed by atoms with Crippen LogP contribution in [0.15, 0.2) is 0 Å². The molecule has 3 aliphatic heterocycles. The molecular weight excluding hydrogens is 345 g/mol. The lowest BCUT2D eigenvalue weighted by Gasteiger charge is -2.47. The molecule has 5 atom stereocenters. The molecule has 3 aliphatic rings. The van der Waals surface area contributed by atoms with Gasteiger partial charge in [0.25, 0.3) is 0 Å².